The average molecular weight is 398 g/mol. The number of esters is 1. The molecule has 0 aliphatic rings. The second-order valence-electron chi connectivity index (χ2n) is 6.83. The highest BCUT2D eigenvalue weighted by atomic mass is 19.1. The molecular weight excluding hydrogens is 375 g/mol. The van der Waals surface area contributed by atoms with Crippen LogP contribution in [-0.2, 0) is 22.6 Å². The van der Waals surface area contributed by atoms with Crippen LogP contribution >= 0.6 is 0 Å². The number of Topliss-reactive ketones (excluding diaryl/α,β-unsaturated/α-hetero) is 1. The van der Waals surface area contributed by atoms with Gasteiger partial charge < -0.3 is 4.74 Å². The van der Waals surface area contributed by atoms with Crippen molar-refractivity contribution in [1.82, 2.24) is 9.13 Å². The molecule has 29 heavy (non-hydrogen) atoms. The van der Waals surface area contributed by atoms with E-state index in [9.17, 15) is 18.8 Å². The molecule has 0 spiro atoms. The Kier molecular flexibility index (Phi) is 6.26. The Morgan fingerprint density at radius 3 is 2.17 bits per heavy atom. The summed E-state index contributed by atoms with van der Waals surface area (Å²) < 4.78 is 21.5. The summed E-state index contributed by atoms with van der Waals surface area (Å²) in [6, 6.07) is 12.5. The van der Waals surface area contributed by atoms with E-state index in [1.807, 2.05) is 31.2 Å². The van der Waals surface area contributed by atoms with Crippen LogP contribution in [0.3, 0.4) is 0 Å². The van der Waals surface area contributed by atoms with Crippen LogP contribution in [0.25, 0.3) is 11.0 Å². The number of hydrogen-bond acceptors (Lipinski definition) is 4. The van der Waals surface area contributed by atoms with Crippen molar-refractivity contribution in [3.8, 4) is 0 Å². The zero-order valence-corrected chi connectivity index (χ0v) is 16.4. The number of aromatic nitrogens is 2. The van der Waals surface area contributed by atoms with Crippen LogP contribution in [0, 0.1) is 5.82 Å². The highest BCUT2D eigenvalue weighted by Crippen LogP contribution is 2.14. The van der Waals surface area contributed by atoms with Gasteiger partial charge in [-0.1, -0.05) is 19.1 Å². The van der Waals surface area contributed by atoms with Gasteiger partial charge in [-0.25, -0.2) is 9.18 Å². The number of carbonyl (C=O) groups is 2. The van der Waals surface area contributed by atoms with E-state index in [1.165, 1.54) is 31.2 Å². The lowest BCUT2D eigenvalue weighted by atomic mass is 10.1. The Hall–Kier alpha value is -3.22. The number of benzene rings is 2. The van der Waals surface area contributed by atoms with E-state index in [0.29, 0.717) is 6.54 Å². The second-order valence-corrected chi connectivity index (χ2v) is 6.83. The number of aryl methyl sites for hydroxylation is 2. The first-order valence-electron chi connectivity index (χ1n) is 9.59. The van der Waals surface area contributed by atoms with Crippen LogP contribution in [-0.4, -0.2) is 27.0 Å². The molecule has 7 heteroatoms. The summed E-state index contributed by atoms with van der Waals surface area (Å²) in [5.74, 6) is -1.43. The van der Waals surface area contributed by atoms with Crippen LogP contribution in [0.4, 0.5) is 4.39 Å². The lowest BCUT2D eigenvalue weighted by Gasteiger charge is -2.12. The highest BCUT2D eigenvalue weighted by Gasteiger charge is 2.20. The van der Waals surface area contributed by atoms with E-state index in [2.05, 4.69) is 0 Å². The molecule has 3 aromatic rings. The van der Waals surface area contributed by atoms with Gasteiger partial charge in [0.2, 0.25) is 5.78 Å². The molecule has 2 aromatic carbocycles. The highest BCUT2D eigenvalue weighted by molar-refractivity contribution is 6.00. The number of imidazole rings is 1. The molecule has 0 N–H and O–H groups in total. The van der Waals surface area contributed by atoms with Crippen molar-refractivity contribution in [2.24, 2.45) is 0 Å². The van der Waals surface area contributed by atoms with E-state index in [0.717, 1.165) is 17.5 Å². The number of fused-ring (bicyclic) bond motifs is 1. The van der Waals surface area contributed by atoms with Crippen molar-refractivity contribution in [3.05, 3.63) is 70.4 Å². The SMILES string of the molecule is CCCn1c(=O)n(CCC(=O)O[C@H](C)C(=O)c2ccc(F)cc2)c2ccccc21. The quantitative estimate of drug-likeness (QED) is 0.430. The minimum atomic E-state index is -0.994. The smallest absolute Gasteiger partial charge is 0.329 e. The van der Waals surface area contributed by atoms with Crippen LogP contribution < -0.4 is 5.69 Å². The molecule has 3 rings (SSSR count). The van der Waals surface area contributed by atoms with Gasteiger partial charge in [0, 0.05) is 18.7 Å². The van der Waals surface area contributed by atoms with Gasteiger partial charge in [-0.3, -0.25) is 18.7 Å². The zero-order chi connectivity index (χ0) is 21.0. The maximum absolute atomic E-state index is 13.0. The predicted octanol–water partition coefficient (Wildman–Crippen LogP) is 3.56. The van der Waals surface area contributed by atoms with Gasteiger partial charge in [-0.2, -0.15) is 0 Å². The molecule has 0 bridgehead atoms. The van der Waals surface area contributed by atoms with Gasteiger partial charge in [-0.15, -0.1) is 0 Å². The van der Waals surface area contributed by atoms with Crippen LogP contribution in [0.5, 0.6) is 0 Å². The second kappa shape index (κ2) is 8.86. The van der Waals surface area contributed by atoms with Gasteiger partial charge in [0.1, 0.15) is 5.82 Å². The first kappa shape index (κ1) is 20.5. The fraction of sp³-hybridized carbons (Fsp3) is 0.318. The van der Waals surface area contributed by atoms with Gasteiger partial charge in [0.15, 0.2) is 6.10 Å². The molecule has 1 atom stereocenters. The minimum Gasteiger partial charge on any atom is -0.454 e. The van der Waals surface area contributed by atoms with E-state index < -0.39 is 23.7 Å². The van der Waals surface area contributed by atoms with Crippen LogP contribution in [0.2, 0.25) is 0 Å². The predicted molar refractivity (Wildman–Crippen MR) is 107 cm³/mol. The van der Waals surface area contributed by atoms with Crippen molar-refractivity contribution >= 4 is 22.8 Å². The molecule has 0 unspecified atom stereocenters. The van der Waals surface area contributed by atoms with E-state index in [4.69, 9.17) is 4.74 Å². The summed E-state index contributed by atoms with van der Waals surface area (Å²) >= 11 is 0. The Morgan fingerprint density at radius 2 is 1.59 bits per heavy atom. The summed E-state index contributed by atoms with van der Waals surface area (Å²) in [4.78, 5) is 37.3. The summed E-state index contributed by atoms with van der Waals surface area (Å²) in [7, 11) is 0. The molecule has 0 saturated heterocycles. The van der Waals surface area contributed by atoms with Crippen molar-refractivity contribution in [1.29, 1.82) is 0 Å². The maximum Gasteiger partial charge on any atom is 0.329 e. The maximum atomic E-state index is 13.0. The van der Waals surface area contributed by atoms with Crippen LogP contribution in [0.15, 0.2) is 53.3 Å². The number of rotatable bonds is 8. The van der Waals surface area contributed by atoms with E-state index >= 15 is 0 Å². The molecule has 152 valence electrons. The molecule has 6 nitrogen and oxygen atoms in total. The molecule has 0 saturated carbocycles. The summed E-state index contributed by atoms with van der Waals surface area (Å²) in [5, 5.41) is 0. The monoisotopic (exact) mass is 398 g/mol. The lowest BCUT2D eigenvalue weighted by Crippen LogP contribution is -2.27. The summed E-state index contributed by atoms with van der Waals surface area (Å²) in [6.07, 6.45) is -0.217. The number of nitrogens with zero attached hydrogens (tertiary/aromatic N) is 2. The lowest BCUT2D eigenvalue weighted by molar-refractivity contribution is -0.146. The first-order chi connectivity index (χ1) is 13.9. The molecule has 0 radical (unpaired) electrons. The normalized spacial score (nSPS) is 12.1. The fourth-order valence-electron chi connectivity index (χ4n) is 3.29. The third-order valence-electron chi connectivity index (χ3n) is 4.72. The van der Waals surface area contributed by atoms with Gasteiger partial charge >= 0.3 is 11.7 Å². The van der Waals surface area contributed by atoms with Crippen molar-refractivity contribution in [2.75, 3.05) is 0 Å². The first-order valence-corrected chi connectivity index (χ1v) is 9.59. The van der Waals surface area contributed by atoms with Gasteiger partial charge in [-0.05, 0) is 49.7 Å². The summed E-state index contributed by atoms with van der Waals surface area (Å²) in [5.41, 5.74) is 1.68. The third kappa shape index (κ3) is 4.45. The third-order valence-corrected chi connectivity index (χ3v) is 4.72. The number of ketones is 1. The molecule has 0 aliphatic carbocycles. The Balaban J connectivity index is 1.68. The average Bonchev–Trinajstić information content (AvgIpc) is 2.98. The van der Waals surface area contributed by atoms with Gasteiger partial charge in [0.05, 0.1) is 17.5 Å². The summed E-state index contributed by atoms with van der Waals surface area (Å²) in [6.45, 7) is 4.23. The Bertz CT molecular complexity index is 1080. The molecular formula is C22H23FN2O4. The number of halogens is 1. The topological polar surface area (TPSA) is 70.3 Å². The molecule has 1 aromatic heterocycles. The zero-order valence-electron chi connectivity index (χ0n) is 16.4. The molecule has 0 amide bonds. The van der Waals surface area contributed by atoms with Crippen molar-refractivity contribution in [3.63, 3.8) is 0 Å². The van der Waals surface area contributed by atoms with Crippen molar-refractivity contribution in [2.45, 2.75) is 45.9 Å². The van der Waals surface area contributed by atoms with Gasteiger partial charge in [0.25, 0.3) is 0 Å². The van der Waals surface area contributed by atoms with Crippen LogP contribution in [0.1, 0.15) is 37.0 Å². The Labute approximate surface area is 167 Å². The number of para-hydroxylation sites is 2. The fourth-order valence-corrected chi connectivity index (χ4v) is 3.29. The van der Waals surface area contributed by atoms with Crippen molar-refractivity contribution < 1.29 is 18.7 Å². The largest absolute Gasteiger partial charge is 0.454 e. The molecule has 1 heterocycles. The van der Waals surface area contributed by atoms with E-state index in [1.54, 1.807) is 9.13 Å². The number of ether oxygens (including phenoxy) is 1. The molecule has 0 aliphatic heterocycles. The minimum absolute atomic E-state index is 0.0406. The Morgan fingerprint density at radius 1 is 1.00 bits per heavy atom. The number of carbonyl (C=O) groups excluding carboxylic acids is 2. The number of hydrogen-bond donors (Lipinski definition) is 0. The van der Waals surface area contributed by atoms with E-state index in [-0.39, 0.29) is 24.2 Å². The standard InChI is InChI=1S/C22H23FN2O4/c1-3-13-24-18-6-4-5-7-19(18)25(22(24)28)14-12-20(26)29-15(2)21(27)16-8-10-17(23)11-9-16/h4-11,15H,3,12-14H2,1-2H3/t15-/m1/s1. The molecule has 0 fully saturated rings.